The first-order chi connectivity index (χ1) is 19.0. The lowest BCUT2D eigenvalue weighted by Gasteiger charge is -2.09. The number of H-pyrrole nitrogens is 2. The Kier molecular flexibility index (Phi) is 6.48. The molecule has 4 nitrogen and oxygen atoms in total. The molecule has 5 heteroatoms. The Labute approximate surface area is 233 Å². The minimum atomic E-state index is 0.349. The Balaban J connectivity index is 0.00000135. The van der Waals surface area contributed by atoms with E-state index in [9.17, 15) is 0 Å². The van der Waals surface area contributed by atoms with Crippen LogP contribution in [0.1, 0.15) is 65.0 Å². The van der Waals surface area contributed by atoms with Crippen molar-refractivity contribution >= 4 is 54.0 Å². The van der Waals surface area contributed by atoms with Gasteiger partial charge in [-0.2, -0.15) is 0 Å². The second-order valence-corrected chi connectivity index (χ2v) is 11.6. The van der Waals surface area contributed by atoms with E-state index in [1.54, 1.807) is 0 Å². The molecule has 7 aromatic rings. The number of thiophene rings is 1. The van der Waals surface area contributed by atoms with E-state index in [0.717, 1.165) is 28.4 Å². The Morgan fingerprint density at radius 2 is 1.41 bits per heavy atom. The number of imidazole rings is 2. The van der Waals surface area contributed by atoms with Gasteiger partial charge in [-0.15, -0.1) is 11.3 Å². The minimum Gasteiger partial charge on any atom is -0.341 e. The molecule has 0 bridgehead atoms. The third-order valence-electron chi connectivity index (χ3n) is 7.29. The zero-order valence-electron chi connectivity index (χ0n) is 23.4. The summed E-state index contributed by atoms with van der Waals surface area (Å²) in [6, 6.07) is 24.5. The summed E-state index contributed by atoms with van der Waals surface area (Å²) in [6.45, 7) is 12.7. The molecule has 196 valence electrons. The normalized spacial score (nSPS) is 11.8. The van der Waals surface area contributed by atoms with Crippen molar-refractivity contribution in [3.63, 3.8) is 0 Å². The first kappa shape index (κ1) is 25.3. The van der Waals surface area contributed by atoms with Crippen LogP contribution in [0.15, 0.2) is 72.9 Å². The molecule has 0 aliphatic heterocycles. The number of nitrogens with one attached hydrogen (secondary N) is 2. The van der Waals surface area contributed by atoms with Crippen LogP contribution in [-0.4, -0.2) is 19.9 Å². The molecule has 0 aliphatic carbocycles. The van der Waals surface area contributed by atoms with E-state index in [0.29, 0.717) is 11.8 Å². The summed E-state index contributed by atoms with van der Waals surface area (Å²) < 4.78 is 1.28. The molecule has 7 rings (SSSR count). The molecule has 3 heterocycles. The van der Waals surface area contributed by atoms with Crippen LogP contribution < -0.4 is 0 Å². The van der Waals surface area contributed by atoms with E-state index in [-0.39, 0.29) is 0 Å². The van der Waals surface area contributed by atoms with Gasteiger partial charge in [0.2, 0.25) is 0 Å². The van der Waals surface area contributed by atoms with Gasteiger partial charge in [-0.1, -0.05) is 90.1 Å². The summed E-state index contributed by atoms with van der Waals surface area (Å²) in [5.74, 6) is 2.80. The number of rotatable bonds is 4. The van der Waals surface area contributed by atoms with Gasteiger partial charge in [-0.3, -0.25) is 0 Å². The first-order valence-electron chi connectivity index (χ1n) is 13.9. The maximum atomic E-state index is 4.98. The van der Waals surface area contributed by atoms with Crippen LogP contribution in [0.5, 0.6) is 0 Å². The highest BCUT2D eigenvalue weighted by Crippen LogP contribution is 2.39. The number of aromatic nitrogens is 4. The Morgan fingerprint density at radius 1 is 0.692 bits per heavy atom. The SMILES string of the molecule is CC.CC(C)c1ncc(-c2cc3ccc(-c4ccc5c(c4)c4ccccc4c4nc(C(C)C)[nH]c54)cc3s2)[nH]1. The lowest BCUT2D eigenvalue weighted by molar-refractivity contribution is 0.795. The van der Waals surface area contributed by atoms with Crippen molar-refractivity contribution in [2.75, 3.05) is 0 Å². The molecule has 0 spiro atoms. The number of hydrogen-bond donors (Lipinski definition) is 2. The molecule has 3 aromatic heterocycles. The molecule has 0 saturated carbocycles. The van der Waals surface area contributed by atoms with Crippen molar-refractivity contribution in [2.45, 2.75) is 53.4 Å². The van der Waals surface area contributed by atoms with E-state index in [1.165, 1.54) is 47.6 Å². The van der Waals surface area contributed by atoms with Crippen LogP contribution in [-0.2, 0) is 0 Å². The van der Waals surface area contributed by atoms with Crippen LogP contribution in [0.3, 0.4) is 0 Å². The molecule has 0 atom stereocenters. The molecular weight excluding hydrogens is 496 g/mol. The second-order valence-electron chi connectivity index (χ2n) is 10.5. The molecule has 4 aromatic carbocycles. The van der Waals surface area contributed by atoms with Gasteiger partial charge < -0.3 is 9.97 Å². The number of fused-ring (bicyclic) bond motifs is 7. The summed E-state index contributed by atoms with van der Waals surface area (Å²) in [6.07, 6.45) is 1.95. The van der Waals surface area contributed by atoms with Gasteiger partial charge in [-0.05, 0) is 45.5 Å². The lowest BCUT2D eigenvalue weighted by Crippen LogP contribution is -1.88. The van der Waals surface area contributed by atoms with E-state index in [1.807, 2.05) is 31.4 Å². The van der Waals surface area contributed by atoms with Crippen molar-refractivity contribution in [1.29, 1.82) is 0 Å². The summed E-state index contributed by atoms with van der Waals surface area (Å²) in [7, 11) is 0. The van der Waals surface area contributed by atoms with E-state index >= 15 is 0 Å². The smallest absolute Gasteiger partial charge is 0.109 e. The van der Waals surface area contributed by atoms with Crippen LogP contribution in [0, 0.1) is 0 Å². The molecule has 0 amide bonds. The van der Waals surface area contributed by atoms with E-state index in [2.05, 4.69) is 109 Å². The minimum absolute atomic E-state index is 0.349. The number of nitrogens with zero attached hydrogens (tertiary/aromatic N) is 2. The highest BCUT2D eigenvalue weighted by Gasteiger charge is 2.16. The molecule has 0 unspecified atom stereocenters. The summed E-state index contributed by atoms with van der Waals surface area (Å²) >= 11 is 1.81. The predicted molar refractivity (Wildman–Crippen MR) is 169 cm³/mol. The Morgan fingerprint density at radius 3 is 2.15 bits per heavy atom. The van der Waals surface area contributed by atoms with Crippen LogP contribution in [0.2, 0.25) is 0 Å². The predicted octanol–water partition coefficient (Wildman–Crippen LogP) is 10.4. The average Bonchev–Trinajstić information content (AvgIpc) is 3.72. The standard InChI is InChI=1S/C32H28N4S.C2H6/c1-17(2)31-33-16-26(34-31)28-15-21-10-9-20(14-27(21)37-28)19-11-12-24-25(13-19)22-7-5-6-8-23(22)29-30(24)36-32(35-29)18(3)4;1-2/h5-18H,1-4H3,(H,33,34)(H,35,36);1-2H3. The molecule has 0 radical (unpaired) electrons. The fourth-order valence-corrected chi connectivity index (χ4v) is 6.31. The Bertz CT molecular complexity index is 1950. The first-order valence-corrected chi connectivity index (χ1v) is 14.7. The Hall–Kier alpha value is -3.96. The summed E-state index contributed by atoms with van der Waals surface area (Å²) in [5, 5.41) is 6.18. The fourth-order valence-electron chi connectivity index (χ4n) is 5.24. The van der Waals surface area contributed by atoms with Crippen LogP contribution in [0.25, 0.3) is 64.4 Å². The van der Waals surface area contributed by atoms with Gasteiger partial charge in [-0.25, -0.2) is 9.97 Å². The molecular formula is C34H34N4S. The third kappa shape index (κ3) is 4.31. The molecule has 39 heavy (non-hydrogen) atoms. The summed E-state index contributed by atoms with van der Waals surface area (Å²) in [4.78, 5) is 17.9. The zero-order chi connectivity index (χ0) is 27.3. The maximum absolute atomic E-state index is 4.98. The lowest BCUT2D eigenvalue weighted by atomic mass is 9.95. The zero-order valence-corrected chi connectivity index (χ0v) is 24.2. The quantitative estimate of drug-likeness (QED) is 0.222. The van der Waals surface area contributed by atoms with Crippen molar-refractivity contribution in [3.8, 4) is 21.7 Å². The third-order valence-corrected chi connectivity index (χ3v) is 8.42. The van der Waals surface area contributed by atoms with Gasteiger partial charge >= 0.3 is 0 Å². The topological polar surface area (TPSA) is 57.4 Å². The highest BCUT2D eigenvalue weighted by molar-refractivity contribution is 7.22. The second kappa shape index (κ2) is 9.97. The van der Waals surface area contributed by atoms with E-state index < -0.39 is 0 Å². The van der Waals surface area contributed by atoms with Crippen molar-refractivity contribution in [2.24, 2.45) is 0 Å². The van der Waals surface area contributed by atoms with Gasteiger partial charge in [0.25, 0.3) is 0 Å². The monoisotopic (exact) mass is 530 g/mol. The highest BCUT2D eigenvalue weighted by atomic mass is 32.1. The largest absolute Gasteiger partial charge is 0.341 e. The van der Waals surface area contributed by atoms with Gasteiger partial charge in [0, 0.05) is 27.3 Å². The van der Waals surface area contributed by atoms with Gasteiger partial charge in [0.05, 0.1) is 27.8 Å². The number of benzene rings is 4. The van der Waals surface area contributed by atoms with E-state index in [4.69, 9.17) is 4.98 Å². The van der Waals surface area contributed by atoms with Gasteiger partial charge in [0.15, 0.2) is 0 Å². The van der Waals surface area contributed by atoms with Crippen LogP contribution in [0.4, 0.5) is 0 Å². The number of aromatic amines is 2. The van der Waals surface area contributed by atoms with Crippen molar-refractivity contribution in [3.05, 3.63) is 84.6 Å². The molecule has 0 saturated heterocycles. The van der Waals surface area contributed by atoms with Gasteiger partial charge in [0.1, 0.15) is 11.6 Å². The molecule has 2 N–H and O–H groups in total. The van der Waals surface area contributed by atoms with Crippen LogP contribution >= 0.6 is 11.3 Å². The molecule has 0 fully saturated rings. The summed E-state index contributed by atoms with van der Waals surface area (Å²) in [5.41, 5.74) is 5.73. The molecule has 0 aliphatic rings. The fraction of sp³-hybridized carbons (Fsp3) is 0.235. The van der Waals surface area contributed by atoms with Crippen molar-refractivity contribution < 1.29 is 0 Å². The van der Waals surface area contributed by atoms with Crippen molar-refractivity contribution in [1.82, 2.24) is 19.9 Å². The average molecular weight is 531 g/mol. The number of hydrogen-bond acceptors (Lipinski definition) is 3. The maximum Gasteiger partial charge on any atom is 0.109 e.